The highest BCUT2D eigenvalue weighted by Crippen LogP contribution is 2.34. The van der Waals surface area contributed by atoms with Crippen molar-refractivity contribution in [3.05, 3.63) is 48.0 Å². The summed E-state index contributed by atoms with van der Waals surface area (Å²) in [5.74, 6) is 0.0330. The van der Waals surface area contributed by atoms with Crippen molar-refractivity contribution in [1.82, 2.24) is 10.6 Å². The van der Waals surface area contributed by atoms with Gasteiger partial charge in [0.25, 0.3) is 0 Å². The fourth-order valence-electron chi connectivity index (χ4n) is 3.63. The molecule has 2 heterocycles. The second kappa shape index (κ2) is 7.89. The third-order valence-electron chi connectivity index (χ3n) is 5.02. The van der Waals surface area contributed by atoms with Crippen molar-refractivity contribution in [1.29, 1.82) is 0 Å². The molecule has 2 atom stereocenters. The summed E-state index contributed by atoms with van der Waals surface area (Å²) >= 11 is 0. The Balaban J connectivity index is 1.39. The molecule has 0 radical (unpaired) electrons. The number of benzene rings is 2. The van der Waals surface area contributed by atoms with Gasteiger partial charge in [0.05, 0.1) is 6.54 Å². The lowest BCUT2D eigenvalue weighted by Gasteiger charge is -2.14. The van der Waals surface area contributed by atoms with E-state index < -0.39 is 12.4 Å². The van der Waals surface area contributed by atoms with E-state index in [0.29, 0.717) is 37.1 Å². The molecule has 1 fully saturated rings. The first-order valence-corrected chi connectivity index (χ1v) is 9.50. The number of halogens is 3. The van der Waals surface area contributed by atoms with Gasteiger partial charge in [0.1, 0.15) is 23.6 Å². The minimum absolute atomic E-state index is 0.128. The summed E-state index contributed by atoms with van der Waals surface area (Å²) < 4.78 is 47.2. The van der Waals surface area contributed by atoms with Crippen LogP contribution in [0.25, 0.3) is 11.1 Å². The molecule has 0 aromatic heterocycles. The maximum Gasteiger partial charge on any atom is 0.573 e. The van der Waals surface area contributed by atoms with E-state index in [1.165, 1.54) is 18.2 Å². The van der Waals surface area contributed by atoms with Crippen molar-refractivity contribution in [2.45, 2.75) is 37.8 Å². The number of carbonyl (C=O) groups is 2. The van der Waals surface area contributed by atoms with Crippen LogP contribution in [-0.4, -0.2) is 36.9 Å². The van der Waals surface area contributed by atoms with Crippen LogP contribution in [0.3, 0.4) is 0 Å². The SMILES string of the molecule is O=C1CCC(C(=O)NCC2Cc3cc(-c4cccc(OC(F)(F)F)c4)ccc3O2)N1. The van der Waals surface area contributed by atoms with E-state index in [1.54, 1.807) is 18.2 Å². The molecular formula is C21H19F3N2O4. The van der Waals surface area contributed by atoms with Gasteiger partial charge in [0.15, 0.2) is 0 Å². The number of hydrogen-bond acceptors (Lipinski definition) is 4. The van der Waals surface area contributed by atoms with Crippen LogP contribution in [-0.2, 0) is 16.0 Å². The largest absolute Gasteiger partial charge is 0.573 e. The van der Waals surface area contributed by atoms with Crippen molar-refractivity contribution in [2.24, 2.45) is 0 Å². The van der Waals surface area contributed by atoms with E-state index in [2.05, 4.69) is 15.4 Å². The first kappa shape index (κ1) is 20.1. The third kappa shape index (κ3) is 4.67. The van der Waals surface area contributed by atoms with Gasteiger partial charge in [-0.15, -0.1) is 13.2 Å². The van der Waals surface area contributed by atoms with Gasteiger partial charge in [-0.2, -0.15) is 0 Å². The molecule has 0 aliphatic carbocycles. The normalized spacial score (nSPS) is 20.3. The lowest BCUT2D eigenvalue weighted by Crippen LogP contribution is -2.44. The molecule has 6 nitrogen and oxygen atoms in total. The van der Waals surface area contributed by atoms with E-state index in [0.717, 1.165) is 11.1 Å². The van der Waals surface area contributed by atoms with E-state index >= 15 is 0 Å². The number of carbonyl (C=O) groups excluding carboxylic acids is 2. The van der Waals surface area contributed by atoms with Gasteiger partial charge >= 0.3 is 6.36 Å². The monoisotopic (exact) mass is 420 g/mol. The number of fused-ring (bicyclic) bond motifs is 1. The molecule has 2 aliphatic rings. The van der Waals surface area contributed by atoms with Gasteiger partial charge < -0.3 is 20.1 Å². The van der Waals surface area contributed by atoms with Gasteiger partial charge in [-0.05, 0) is 47.4 Å². The zero-order chi connectivity index (χ0) is 21.3. The number of ether oxygens (including phenoxy) is 2. The van der Waals surface area contributed by atoms with Crippen LogP contribution in [0.2, 0.25) is 0 Å². The van der Waals surface area contributed by atoms with E-state index in [4.69, 9.17) is 4.74 Å². The summed E-state index contributed by atoms with van der Waals surface area (Å²) in [4.78, 5) is 23.3. The highest BCUT2D eigenvalue weighted by atomic mass is 19.4. The first-order valence-electron chi connectivity index (χ1n) is 9.50. The smallest absolute Gasteiger partial charge is 0.488 e. The highest BCUT2D eigenvalue weighted by molar-refractivity contribution is 5.90. The second-order valence-electron chi connectivity index (χ2n) is 7.25. The Labute approximate surface area is 170 Å². The maximum atomic E-state index is 12.5. The van der Waals surface area contributed by atoms with Crippen molar-refractivity contribution >= 4 is 11.8 Å². The zero-order valence-electron chi connectivity index (χ0n) is 15.8. The zero-order valence-corrected chi connectivity index (χ0v) is 15.8. The summed E-state index contributed by atoms with van der Waals surface area (Å²) in [5, 5.41) is 5.41. The number of nitrogens with one attached hydrogen (secondary N) is 2. The average Bonchev–Trinajstić information content (AvgIpc) is 3.30. The molecule has 2 N–H and O–H groups in total. The van der Waals surface area contributed by atoms with Gasteiger partial charge in [-0.3, -0.25) is 9.59 Å². The Bertz CT molecular complexity index is 977. The third-order valence-corrected chi connectivity index (χ3v) is 5.02. The molecule has 158 valence electrons. The number of rotatable bonds is 5. The van der Waals surface area contributed by atoms with Crippen LogP contribution in [0.1, 0.15) is 18.4 Å². The standard InChI is InChI=1S/C21H19F3N2O4/c22-21(23,24)30-15-3-1-2-12(9-15)13-4-6-18-14(8-13)10-16(29-18)11-25-20(28)17-5-7-19(27)26-17/h1-4,6,8-9,16-17H,5,7,10-11H2,(H,25,28)(H,26,27). The van der Waals surface area contributed by atoms with Crippen molar-refractivity contribution in [3.8, 4) is 22.6 Å². The summed E-state index contributed by atoms with van der Waals surface area (Å²) in [7, 11) is 0. The molecule has 2 amide bonds. The number of alkyl halides is 3. The molecule has 2 aliphatic heterocycles. The lowest BCUT2D eigenvalue weighted by molar-refractivity contribution is -0.274. The molecule has 0 saturated carbocycles. The Morgan fingerprint density at radius 3 is 2.73 bits per heavy atom. The molecule has 1 saturated heterocycles. The van der Waals surface area contributed by atoms with Gasteiger partial charge in [0, 0.05) is 12.8 Å². The van der Waals surface area contributed by atoms with Crippen LogP contribution in [0, 0.1) is 0 Å². The Morgan fingerprint density at radius 2 is 2.00 bits per heavy atom. The molecule has 2 aromatic rings. The minimum atomic E-state index is -4.75. The van der Waals surface area contributed by atoms with Gasteiger partial charge in [0.2, 0.25) is 11.8 Å². The Kier molecular flexibility index (Phi) is 5.27. The fourth-order valence-corrected chi connectivity index (χ4v) is 3.63. The highest BCUT2D eigenvalue weighted by Gasteiger charge is 2.31. The molecule has 2 unspecified atom stereocenters. The Morgan fingerprint density at radius 1 is 1.20 bits per heavy atom. The predicted molar refractivity (Wildman–Crippen MR) is 101 cm³/mol. The minimum Gasteiger partial charge on any atom is -0.488 e. The summed E-state index contributed by atoms with van der Waals surface area (Å²) in [6, 6.07) is 10.7. The van der Waals surface area contributed by atoms with Gasteiger partial charge in [-0.1, -0.05) is 18.2 Å². The molecular weight excluding hydrogens is 401 g/mol. The van der Waals surface area contributed by atoms with Gasteiger partial charge in [-0.25, -0.2) is 0 Å². The molecule has 2 aromatic carbocycles. The predicted octanol–water partition coefficient (Wildman–Crippen LogP) is 2.95. The Hall–Kier alpha value is -3.23. The summed E-state index contributed by atoms with van der Waals surface area (Å²) in [5.41, 5.74) is 2.24. The fraction of sp³-hybridized carbons (Fsp3) is 0.333. The quantitative estimate of drug-likeness (QED) is 0.780. The van der Waals surface area contributed by atoms with Crippen LogP contribution in [0.15, 0.2) is 42.5 Å². The molecule has 0 spiro atoms. The van der Waals surface area contributed by atoms with Crippen LogP contribution < -0.4 is 20.1 Å². The molecule has 9 heteroatoms. The van der Waals surface area contributed by atoms with E-state index in [9.17, 15) is 22.8 Å². The first-order chi connectivity index (χ1) is 14.3. The molecule has 0 bridgehead atoms. The second-order valence-corrected chi connectivity index (χ2v) is 7.25. The molecule has 4 rings (SSSR count). The topological polar surface area (TPSA) is 76.7 Å². The van der Waals surface area contributed by atoms with Crippen LogP contribution in [0.4, 0.5) is 13.2 Å². The van der Waals surface area contributed by atoms with E-state index in [1.807, 2.05) is 6.07 Å². The maximum absolute atomic E-state index is 12.5. The van der Waals surface area contributed by atoms with Crippen LogP contribution in [0.5, 0.6) is 11.5 Å². The number of hydrogen-bond donors (Lipinski definition) is 2. The van der Waals surface area contributed by atoms with Crippen molar-refractivity contribution < 1.29 is 32.2 Å². The lowest BCUT2D eigenvalue weighted by atomic mass is 10.0. The summed E-state index contributed by atoms with van der Waals surface area (Å²) in [6.45, 7) is 0.296. The van der Waals surface area contributed by atoms with E-state index in [-0.39, 0.29) is 23.7 Å². The average molecular weight is 420 g/mol. The van der Waals surface area contributed by atoms with Crippen LogP contribution >= 0.6 is 0 Å². The number of amides is 2. The van der Waals surface area contributed by atoms with Crippen molar-refractivity contribution in [2.75, 3.05) is 6.54 Å². The van der Waals surface area contributed by atoms with Crippen molar-refractivity contribution in [3.63, 3.8) is 0 Å². The summed E-state index contributed by atoms with van der Waals surface area (Å²) in [6.07, 6.45) is -3.61. The molecule has 30 heavy (non-hydrogen) atoms.